The Morgan fingerprint density at radius 1 is 0.295 bits per heavy atom. The highest BCUT2D eigenvalue weighted by Crippen LogP contribution is 2.42. The smallest absolute Gasteiger partial charge is 0.164 e. The summed E-state index contributed by atoms with van der Waals surface area (Å²) in [5.74, 6) is 1.99. The summed E-state index contributed by atoms with van der Waals surface area (Å²) in [6.07, 6.45) is 0. The van der Waals surface area contributed by atoms with Crippen molar-refractivity contribution in [2.24, 2.45) is 0 Å². The quantitative estimate of drug-likeness (QED) is 0.202. The molecule has 9 aromatic rings. The summed E-state index contributed by atoms with van der Waals surface area (Å²) >= 11 is 0. The van der Waals surface area contributed by atoms with Crippen LogP contribution in [0.3, 0.4) is 0 Å². The van der Waals surface area contributed by atoms with Crippen LogP contribution < -0.4 is 0 Å². The van der Waals surface area contributed by atoms with E-state index in [1.807, 2.05) is 18.2 Å². The fourth-order valence-corrected chi connectivity index (χ4v) is 6.71. The van der Waals surface area contributed by atoms with E-state index in [1.165, 1.54) is 37.7 Å². The molecule has 0 saturated heterocycles. The van der Waals surface area contributed by atoms with Crippen molar-refractivity contribution in [3.8, 4) is 34.2 Å². The van der Waals surface area contributed by atoms with E-state index in [0.29, 0.717) is 17.5 Å². The summed E-state index contributed by atoms with van der Waals surface area (Å²) in [4.78, 5) is 15.4. The fraction of sp³-hybridized carbons (Fsp3) is 0. The minimum atomic E-state index is 0.658. The van der Waals surface area contributed by atoms with Crippen molar-refractivity contribution >= 4 is 53.9 Å². The van der Waals surface area contributed by atoms with Gasteiger partial charge in [-0.2, -0.15) is 0 Å². The van der Waals surface area contributed by atoms with E-state index in [9.17, 15) is 0 Å². The Morgan fingerprint density at radius 3 is 1.50 bits per heavy atom. The van der Waals surface area contributed by atoms with Crippen molar-refractivity contribution in [3.63, 3.8) is 0 Å². The molecule has 0 unspecified atom stereocenters. The number of rotatable bonds is 3. The number of hydrogen-bond donors (Lipinski definition) is 0. The Bertz CT molecular complexity index is 2550. The number of fused-ring (bicyclic) bond motifs is 9. The monoisotopic (exact) mass is 559 g/mol. The summed E-state index contributed by atoms with van der Waals surface area (Å²) in [5, 5.41) is 12.0. The van der Waals surface area contributed by atoms with Crippen LogP contribution in [0, 0.1) is 0 Å². The topological polar surface area (TPSA) is 38.7 Å². The van der Waals surface area contributed by atoms with Gasteiger partial charge in [0.15, 0.2) is 17.5 Å². The molecule has 44 heavy (non-hydrogen) atoms. The maximum Gasteiger partial charge on any atom is 0.164 e. The van der Waals surface area contributed by atoms with E-state index in [1.54, 1.807) is 0 Å². The molecule has 0 aliphatic heterocycles. The summed E-state index contributed by atoms with van der Waals surface area (Å²) < 4.78 is 0. The summed E-state index contributed by atoms with van der Waals surface area (Å²) in [7, 11) is 0. The van der Waals surface area contributed by atoms with E-state index in [4.69, 9.17) is 15.0 Å². The molecule has 1 heterocycles. The Hall–Kier alpha value is -5.93. The van der Waals surface area contributed by atoms with Crippen LogP contribution in [0.4, 0.5) is 0 Å². The zero-order valence-electron chi connectivity index (χ0n) is 23.8. The molecule has 0 N–H and O–H groups in total. The average molecular weight is 560 g/mol. The lowest BCUT2D eigenvalue weighted by molar-refractivity contribution is 1.08. The van der Waals surface area contributed by atoms with Crippen molar-refractivity contribution in [3.05, 3.63) is 152 Å². The highest BCUT2D eigenvalue weighted by atomic mass is 15.0. The minimum Gasteiger partial charge on any atom is -0.208 e. The molecule has 0 spiro atoms. The molecular weight excluding hydrogens is 534 g/mol. The lowest BCUT2D eigenvalue weighted by atomic mass is 9.89. The molecule has 0 fully saturated rings. The maximum absolute atomic E-state index is 5.23. The Kier molecular flexibility index (Phi) is 5.50. The van der Waals surface area contributed by atoms with Crippen LogP contribution >= 0.6 is 0 Å². The predicted molar refractivity (Wildman–Crippen MR) is 184 cm³/mol. The second-order valence-corrected chi connectivity index (χ2v) is 11.2. The van der Waals surface area contributed by atoms with Gasteiger partial charge in [0.05, 0.1) is 0 Å². The van der Waals surface area contributed by atoms with Gasteiger partial charge in [-0.3, -0.25) is 0 Å². The van der Waals surface area contributed by atoms with Crippen molar-refractivity contribution < 1.29 is 0 Å². The Morgan fingerprint density at radius 2 is 0.773 bits per heavy atom. The highest BCUT2D eigenvalue weighted by molar-refractivity contribution is 6.32. The highest BCUT2D eigenvalue weighted by Gasteiger charge is 2.19. The van der Waals surface area contributed by atoms with Crippen LogP contribution in [0.2, 0.25) is 0 Å². The molecule has 0 amide bonds. The first kappa shape index (κ1) is 24.6. The van der Waals surface area contributed by atoms with Gasteiger partial charge < -0.3 is 0 Å². The zero-order chi connectivity index (χ0) is 29.0. The molecular formula is C41H25N3. The van der Waals surface area contributed by atoms with Gasteiger partial charge in [-0.05, 0) is 59.9 Å². The molecule has 1 aromatic heterocycles. The molecule has 0 radical (unpaired) electrons. The van der Waals surface area contributed by atoms with E-state index in [-0.39, 0.29) is 0 Å². The minimum absolute atomic E-state index is 0.658. The van der Waals surface area contributed by atoms with Crippen molar-refractivity contribution in [2.45, 2.75) is 0 Å². The number of nitrogens with zero attached hydrogens (tertiary/aromatic N) is 3. The zero-order valence-corrected chi connectivity index (χ0v) is 23.8. The molecule has 0 saturated carbocycles. The van der Waals surface area contributed by atoms with Crippen molar-refractivity contribution in [1.29, 1.82) is 0 Å². The number of hydrogen-bond acceptors (Lipinski definition) is 3. The van der Waals surface area contributed by atoms with Crippen molar-refractivity contribution in [1.82, 2.24) is 15.0 Å². The normalized spacial score (nSPS) is 11.6. The molecule has 204 valence electrons. The first-order valence-corrected chi connectivity index (χ1v) is 14.9. The first-order chi connectivity index (χ1) is 21.8. The lowest BCUT2D eigenvalue weighted by Crippen LogP contribution is -2.01. The van der Waals surface area contributed by atoms with Gasteiger partial charge in [0, 0.05) is 16.7 Å². The third-order valence-electron chi connectivity index (χ3n) is 8.69. The Balaban J connectivity index is 1.42. The summed E-state index contributed by atoms with van der Waals surface area (Å²) in [6, 6.07) is 53.3. The van der Waals surface area contributed by atoms with Gasteiger partial charge in [0.25, 0.3) is 0 Å². The van der Waals surface area contributed by atoms with E-state index in [0.717, 1.165) is 32.8 Å². The van der Waals surface area contributed by atoms with Crippen LogP contribution in [0.15, 0.2) is 152 Å². The molecule has 0 aliphatic rings. The van der Waals surface area contributed by atoms with Crippen molar-refractivity contribution in [2.75, 3.05) is 0 Å². The largest absolute Gasteiger partial charge is 0.208 e. The Labute approximate surface area is 254 Å². The first-order valence-electron chi connectivity index (χ1n) is 14.9. The van der Waals surface area contributed by atoms with Gasteiger partial charge in [-0.15, -0.1) is 0 Å². The fourth-order valence-electron chi connectivity index (χ4n) is 6.71. The van der Waals surface area contributed by atoms with E-state index < -0.39 is 0 Å². The molecule has 0 aliphatic carbocycles. The van der Waals surface area contributed by atoms with Gasteiger partial charge in [0.2, 0.25) is 0 Å². The number of aromatic nitrogens is 3. The third kappa shape index (κ3) is 3.80. The molecule has 3 nitrogen and oxygen atoms in total. The van der Waals surface area contributed by atoms with Gasteiger partial charge in [-0.1, -0.05) is 146 Å². The van der Waals surface area contributed by atoms with E-state index >= 15 is 0 Å². The average Bonchev–Trinajstić information content (AvgIpc) is 3.11. The molecule has 0 bridgehead atoms. The lowest BCUT2D eigenvalue weighted by Gasteiger charge is -2.16. The van der Waals surface area contributed by atoms with Crippen LogP contribution in [-0.2, 0) is 0 Å². The van der Waals surface area contributed by atoms with Crippen LogP contribution in [0.1, 0.15) is 0 Å². The van der Waals surface area contributed by atoms with Crippen LogP contribution in [0.25, 0.3) is 88.0 Å². The number of benzene rings is 8. The second kappa shape index (κ2) is 9.82. The SMILES string of the molecule is c1ccc(-c2nc(-c3cccc4ccccc34)nc(-c3cc4c5ccccc5c5ccccc5c4c4ccccc34)n2)cc1. The van der Waals surface area contributed by atoms with Crippen LogP contribution in [0.5, 0.6) is 0 Å². The molecule has 3 heteroatoms. The summed E-state index contributed by atoms with van der Waals surface area (Å²) in [6.45, 7) is 0. The molecule has 0 atom stereocenters. The standard InChI is InChI=1S/C41H25N3/c1-2-14-27(15-3-1)39-42-40(35-24-12-16-26-13-4-5-17-28(26)35)44-41(43-39)37-25-36-31-20-7-6-18-29(31)30-19-8-10-22-33(30)38(36)34-23-11-9-21-32(34)37/h1-25H. The predicted octanol–water partition coefficient (Wildman–Crippen LogP) is 10.6. The second-order valence-electron chi connectivity index (χ2n) is 11.2. The molecule has 9 rings (SSSR count). The van der Waals surface area contributed by atoms with E-state index in [2.05, 4.69) is 133 Å². The maximum atomic E-state index is 5.23. The molecule has 8 aromatic carbocycles. The van der Waals surface area contributed by atoms with Gasteiger partial charge in [-0.25, -0.2) is 15.0 Å². The van der Waals surface area contributed by atoms with Gasteiger partial charge in [0.1, 0.15) is 0 Å². The summed E-state index contributed by atoms with van der Waals surface area (Å²) in [5.41, 5.74) is 2.94. The van der Waals surface area contributed by atoms with Gasteiger partial charge >= 0.3 is 0 Å². The third-order valence-corrected chi connectivity index (χ3v) is 8.69. The van der Waals surface area contributed by atoms with Crippen LogP contribution in [-0.4, -0.2) is 15.0 Å².